The van der Waals surface area contributed by atoms with Crippen molar-refractivity contribution in [2.24, 2.45) is 29.6 Å². The lowest BCUT2D eigenvalue weighted by molar-refractivity contribution is -0.157. The summed E-state index contributed by atoms with van der Waals surface area (Å²) in [5, 5.41) is 0. The summed E-state index contributed by atoms with van der Waals surface area (Å²) in [4.78, 5) is 12.5. The maximum Gasteiger partial charge on any atom is 0.309 e. The Morgan fingerprint density at radius 3 is 1.81 bits per heavy atom. The number of hydrogen-bond acceptors (Lipinski definition) is 2. The van der Waals surface area contributed by atoms with Gasteiger partial charge in [0.2, 0.25) is 0 Å². The van der Waals surface area contributed by atoms with Gasteiger partial charge in [-0.25, -0.2) is 0 Å². The summed E-state index contributed by atoms with van der Waals surface area (Å²) < 4.78 is 5.83. The molecule has 0 spiro atoms. The first-order chi connectivity index (χ1) is 12.6. The largest absolute Gasteiger partial charge is 0.462 e. The molecule has 26 heavy (non-hydrogen) atoms. The second-order valence-corrected chi connectivity index (χ2v) is 9.23. The zero-order chi connectivity index (χ0) is 18.4. The molecule has 2 heteroatoms. The summed E-state index contributed by atoms with van der Waals surface area (Å²) >= 11 is 0. The van der Waals surface area contributed by atoms with E-state index in [0.29, 0.717) is 5.92 Å². The number of rotatable bonds is 5. The molecule has 3 aliphatic carbocycles. The SMILES string of the molecule is C=CC1CCC(/C=C/C2CCC(C(=O)OC3CCC(C)CC3)CC2)CC1. The Balaban J connectivity index is 1.35. The molecule has 3 rings (SSSR count). The van der Waals surface area contributed by atoms with Crippen LogP contribution in [0.3, 0.4) is 0 Å². The predicted molar refractivity (Wildman–Crippen MR) is 108 cm³/mol. The topological polar surface area (TPSA) is 26.3 Å². The number of esters is 1. The molecule has 2 nitrogen and oxygen atoms in total. The van der Waals surface area contributed by atoms with Crippen LogP contribution in [-0.4, -0.2) is 12.1 Å². The molecule has 0 heterocycles. The molecule has 0 aromatic carbocycles. The quantitative estimate of drug-likeness (QED) is 0.416. The van der Waals surface area contributed by atoms with Gasteiger partial charge in [-0.1, -0.05) is 25.2 Å². The van der Waals surface area contributed by atoms with Crippen molar-refractivity contribution in [2.45, 2.75) is 90.1 Å². The zero-order valence-corrected chi connectivity index (χ0v) is 16.7. The van der Waals surface area contributed by atoms with E-state index in [1.165, 1.54) is 38.5 Å². The highest BCUT2D eigenvalue weighted by molar-refractivity contribution is 5.72. The van der Waals surface area contributed by atoms with Crippen LogP contribution >= 0.6 is 0 Å². The number of ether oxygens (including phenoxy) is 1. The number of hydrogen-bond donors (Lipinski definition) is 0. The van der Waals surface area contributed by atoms with E-state index in [2.05, 4.69) is 31.7 Å². The van der Waals surface area contributed by atoms with E-state index >= 15 is 0 Å². The lowest BCUT2D eigenvalue weighted by Crippen LogP contribution is -2.29. The third-order valence-corrected chi connectivity index (χ3v) is 7.16. The van der Waals surface area contributed by atoms with E-state index in [1.807, 2.05) is 0 Å². The van der Waals surface area contributed by atoms with E-state index in [0.717, 1.165) is 56.3 Å². The van der Waals surface area contributed by atoms with Gasteiger partial charge >= 0.3 is 5.97 Å². The van der Waals surface area contributed by atoms with Crippen molar-refractivity contribution in [1.82, 2.24) is 0 Å². The van der Waals surface area contributed by atoms with Gasteiger partial charge in [-0.3, -0.25) is 4.79 Å². The van der Waals surface area contributed by atoms with Crippen LogP contribution in [0.5, 0.6) is 0 Å². The van der Waals surface area contributed by atoms with Crippen molar-refractivity contribution < 1.29 is 9.53 Å². The molecule has 0 bridgehead atoms. The number of carbonyl (C=O) groups excluding carboxylic acids is 1. The van der Waals surface area contributed by atoms with Crippen LogP contribution in [0.25, 0.3) is 0 Å². The van der Waals surface area contributed by atoms with Gasteiger partial charge in [-0.05, 0) is 101 Å². The predicted octanol–water partition coefficient (Wildman–Crippen LogP) is 6.46. The molecule has 0 atom stereocenters. The fourth-order valence-corrected chi connectivity index (χ4v) is 5.04. The van der Waals surface area contributed by atoms with Crippen LogP contribution in [0.4, 0.5) is 0 Å². The molecule has 0 aromatic rings. The standard InChI is InChI=1S/C24H38O2/c1-3-19-6-8-20(9-7-19)10-11-21-12-14-22(15-13-21)24(25)26-23-16-4-18(2)5-17-23/h3,10-11,18-23H,1,4-9,12-17H2,2H3/b11-10+. The van der Waals surface area contributed by atoms with Gasteiger partial charge in [0.05, 0.1) is 5.92 Å². The maximum absolute atomic E-state index is 12.5. The van der Waals surface area contributed by atoms with Gasteiger partial charge in [-0.15, -0.1) is 6.58 Å². The average Bonchev–Trinajstić information content (AvgIpc) is 2.69. The molecule has 0 unspecified atom stereocenters. The van der Waals surface area contributed by atoms with Gasteiger partial charge in [0.25, 0.3) is 0 Å². The second-order valence-electron chi connectivity index (χ2n) is 9.23. The highest BCUT2D eigenvalue weighted by Gasteiger charge is 2.29. The molecule has 146 valence electrons. The van der Waals surface area contributed by atoms with Crippen LogP contribution in [-0.2, 0) is 9.53 Å². The Morgan fingerprint density at radius 1 is 0.769 bits per heavy atom. The normalized spacial score (nSPS) is 38.8. The van der Waals surface area contributed by atoms with Crippen molar-refractivity contribution >= 4 is 5.97 Å². The molecule has 0 aromatic heterocycles. The Morgan fingerprint density at radius 2 is 1.27 bits per heavy atom. The Hall–Kier alpha value is -1.05. The first-order valence-electron chi connectivity index (χ1n) is 11.2. The highest BCUT2D eigenvalue weighted by atomic mass is 16.5. The van der Waals surface area contributed by atoms with Crippen molar-refractivity contribution in [3.05, 3.63) is 24.8 Å². The molecular weight excluding hydrogens is 320 g/mol. The third-order valence-electron chi connectivity index (χ3n) is 7.16. The van der Waals surface area contributed by atoms with Gasteiger partial charge in [0.1, 0.15) is 6.10 Å². The lowest BCUT2D eigenvalue weighted by atomic mass is 9.79. The molecular formula is C24H38O2. The van der Waals surface area contributed by atoms with Crippen LogP contribution < -0.4 is 0 Å². The van der Waals surface area contributed by atoms with Crippen LogP contribution in [0.15, 0.2) is 24.8 Å². The molecule has 3 aliphatic rings. The second kappa shape index (κ2) is 9.76. The monoisotopic (exact) mass is 358 g/mol. The first-order valence-corrected chi connectivity index (χ1v) is 11.2. The average molecular weight is 359 g/mol. The fourth-order valence-electron chi connectivity index (χ4n) is 5.04. The molecule has 0 N–H and O–H groups in total. The van der Waals surface area contributed by atoms with E-state index in [1.54, 1.807) is 0 Å². The van der Waals surface area contributed by atoms with Gasteiger partial charge in [0.15, 0.2) is 0 Å². The van der Waals surface area contributed by atoms with Gasteiger partial charge in [0, 0.05) is 0 Å². The van der Waals surface area contributed by atoms with Crippen LogP contribution in [0, 0.1) is 29.6 Å². The van der Waals surface area contributed by atoms with Crippen LogP contribution in [0.1, 0.15) is 84.0 Å². The smallest absolute Gasteiger partial charge is 0.309 e. The third kappa shape index (κ3) is 5.72. The molecule has 0 aliphatic heterocycles. The highest BCUT2D eigenvalue weighted by Crippen LogP contribution is 2.34. The van der Waals surface area contributed by atoms with Crippen LogP contribution in [0.2, 0.25) is 0 Å². The Kier molecular flexibility index (Phi) is 7.40. The molecule has 0 radical (unpaired) electrons. The molecule has 0 saturated heterocycles. The Labute approximate surface area is 160 Å². The summed E-state index contributed by atoms with van der Waals surface area (Å²) in [6, 6.07) is 0. The summed E-state index contributed by atoms with van der Waals surface area (Å²) in [5.74, 6) is 3.23. The maximum atomic E-state index is 12.5. The van der Waals surface area contributed by atoms with Crippen molar-refractivity contribution in [1.29, 1.82) is 0 Å². The zero-order valence-electron chi connectivity index (χ0n) is 16.7. The summed E-state index contributed by atoms with van der Waals surface area (Å²) in [7, 11) is 0. The van der Waals surface area contributed by atoms with E-state index in [-0.39, 0.29) is 18.0 Å². The minimum Gasteiger partial charge on any atom is -0.462 e. The lowest BCUT2D eigenvalue weighted by Gasteiger charge is -2.30. The first kappa shape index (κ1) is 19.7. The minimum absolute atomic E-state index is 0.0923. The minimum atomic E-state index is 0.0923. The van der Waals surface area contributed by atoms with Gasteiger partial charge < -0.3 is 4.74 Å². The van der Waals surface area contributed by atoms with Gasteiger partial charge in [-0.2, -0.15) is 0 Å². The summed E-state index contributed by atoms with van der Waals surface area (Å²) in [6.07, 6.45) is 21.4. The number of allylic oxidation sites excluding steroid dienone is 3. The summed E-state index contributed by atoms with van der Waals surface area (Å²) in [6.45, 7) is 6.24. The molecule has 0 amide bonds. The van der Waals surface area contributed by atoms with Crippen molar-refractivity contribution in [3.8, 4) is 0 Å². The van der Waals surface area contributed by atoms with E-state index in [9.17, 15) is 4.79 Å². The van der Waals surface area contributed by atoms with Crippen molar-refractivity contribution in [2.75, 3.05) is 0 Å². The Bertz CT molecular complexity index is 470. The molecule has 3 saturated carbocycles. The van der Waals surface area contributed by atoms with E-state index in [4.69, 9.17) is 4.74 Å². The number of carbonyl (C=O) groups is 1. The summed E-state index contributed by atoms with van der Waals surface area (Å²) in [5.41, 5.74) is 0. The van der Waals surface area contributed by atoms with E-state index < -0.39 is 0 Å². The van der Waals surface area contributed by atoms with Crippen molar-refractivity contribution in [3.63, 3.8) is 0 Å². The fraction of sp³-hybridized carbons (Fsp3) is 0.792. The molecule has 3 fully saturated rings.